The zero-order valence-corrected chi connectivity index (χ0v) is 16.4. The van der Waals surface area contributed by atoms with Gasteiger partial charge < -0.3 is 14.4 Å². The number of rotatable bonds is 6. The van der Waals surface area contributed by atoms with Crippen molar-refractivity contribution in [1.29, 1.82) is 0 Å². The van der Waals surface area contributed by atoms with Gasteiger partial charge >= 0.3 is 0 Å². The highest BCUT2D eigenvalue weighted by Gasteiger charge is 2.38. The van der Waals surface area contributed by atoms with Crippen molar-refractivity contribution in [1.82, 2.24) is 30.2 Å². The first kappa shape index (κ1) is 18.9. The number of aryl methyl sites for hydroxylation is 1. The molecule has 26 heavy (non-hydrogen) atoms. The normalized spacial score (nSPS) is 17.2. The lowest BCUT2D eigenvalue weighted by Crippen LogP contribution is -2.47. The minimum atomic E-state index is -0.530. The summed E-state index contributed by atoms with van der Waals surface area (Å²) in [7, 11) is 0. The molecule has 0 spiro atoms. The van der Waals surface area contributed by atoms with Crippen molar-refractivity contribution in [2.75, 3.05) is 5.75 Å². The van der Waals surface area contributed by atoms with Crippen LogP contribution in [0.5, 0.6) is 0 Å². The Labute approximate surface area is 157 Å². The van der Waals surface area contributed by atoms with Gasteiger partial charge in [0.05, 0.1) is 5.75 Å². The molecule has 1 fully saturated rings. The van der Waals surface area contributed by atoms with E-state index in [9.17, 15) is 4.79 Å². The Balaban J connectivity index is 1.70. The second-order valence-corrected chi connectivity index (χ2v) is 8.03. The maximum absolute atomic E-state index is 12.7. The van der Waals surface area contributed by atoms with Crippen LogP contribution < -0.4 is 5.32 Å². The van der Waals surface area contributed by atoms with Gasteiger partial charge in [-0.15, -0.1) is 10.2 Å². The number of nitrogens with one attached hydrogen (secondary N) is 1. The fourth-order valence-electron chi connectivity index (χ4n) is 3.35. The van der Waals surface area contributed by atoms with E-state index in [1.807, 2.05) is 4.57 Å². The Bertz CT molecular complexity index is 733. The number of hydrogen-bond acceptors (Lipinski definition) is 7. The van der Waals surface area contributed by atoms with Crippen LogP contribution in [-0.4, -0.2) is 36.6 Å². The number of carbonyl (C=O) groups excluding carboxylic acids is 1. The van der Waals surface area contributed by atoms with Crippen LogP contribution in [0.25, 0.3) is 0 Å². The van der Waals surface area contributed by atoms with Crippen LogP contribution in [0.3, 0.4) is 0 Å². The Morgan fingerprint density at radius 1 is 1.35 bits per heavy atom. The topological polar surface area (TPSA) is 98.7 Å². The highest BCUT2D eigenvalue weighted by atomic mass is 32.2. The largest absolute Gasteiger partial charge is 0.342 e. The minimum Gasteiger partial charge on any atom is -0.342 e. The molecule has 1 saturated carbocycles. The molecule has 0 aliphatic heterocycles. The van der Waals surface area contributed by atoms with Gasteiger partial charge in [-0.2, -0.15) is 4.98 Å². The van der Waals surface area contributed by atoms with Gasteiger partial charge in [-0.25, -0.2) is 0 Å². The van der Waals surface area contributed by atoms with Gasteiger partial charge in [-0.05, 0) is 26.7 Å². The van der Waals surface area contributed by atoms with Crippen molar-refractivity contribution >= 4 is 17.7 Å². The first-order chi connectivity index (χ1) is 12.5. The molecular weight excluding hydrogens is 352 g/mol. The Morgan fingerprint density at radius 2 is 2.08 bits per heavy atom. The molecular formula is C17H26N6O2S. The summed E-state index contributed by atoms with van der Waals surface area (Å²) in [5, 5.41) is 16.1. The van der Waals surface area contributed by atoms with Crippen molar-refractivity contribution in [3.8, 4) is 0 Å². The lowest BCUT2D eigenvalue weighted by atomic mass is 9.89. The van der Waals surface area contributed by atoms with Gasteiger partial charge in [-0.3, -0.25) is 4.79 Å². The van der Waals surface area contributed by atoms with E-state index < -0.39 is 5.54 Å². The van der Waals surface area contributed by atoms with Crippen LogP contribution in [0, 0.1) is 6.92 Å². The van der Waals surface area contributed by atoms with E-state index in [2.05, 4.69) is 39.5 Å². The van der Waals surface area contributed by atoms with Gasteiger partial charge in [-0.1, -0.05) is 42.6 Å². The van der Waals surface area contributed by atoms with E-state index in [0.717, 1.165) is 30.8 Å². The molecule has 9 heteroatoms. The molecule has 142 valence electrons. The smallest absolute Gasteiger partial charge is 0.231 e. The predicted octanol–water partition coefficient (Wildman–Crippen LogP) is 3.01. The number of amides is 1. The molecule has 1 aliphatic rings. The number of hydrogen-bond donors (Lipinski definition) is 1. The Morgan fingerprint density at radius 3 is 2.69 bits per heavy atom. The predicted molar refractivity (Wildman–Crippen MR) is 97.7 cm³/mol. The molecule has 1 aliphatic carbocycles. The van der Waals surface area contributed by atoms with Crippen LogP contribution in [0.15, 0.2) is 16.0 Å². The zero-order valence-electron chi connectivity index (χ0n) is 15.6. The van der Waals surface area contributed by atoms with E-state index in [1.54, 1.807) is 13.3 Å². The number of nitrogens with zero attached hydrogens (tertiary/aromatic N) is 5. The summed E-state index contributed by atoms with van der Waals surface area (Å²) in [5.74, 6) is 1.36. The summed E-state index contributed by atoms with van der Waals surface area (Å²) in [4.78, 5) is 17.1. The molecule has 2 heterocycles. The second kappa shape index (κ2) is 8.20. The van der Waals surface area contributed by atoms with Gasteiger partial charge in [0.2, 0.25) is 11.8 Å². The maximum Gasteiger partial charge on any atom is 0.231 e. The van der Waals surface area contributed by atoms with E-state index in [-0.39, 0.29) is 17.7 Å². The average Bonchev–Trinajstić information content (AvgIpc) is 3.19. The lowest BCUT2D eigenvalue weighted by Gasteiger charge is -2.30. The fourth-order valence-corrected chi connectivity index (χ4v) is 4.20. The molecule has 0 atom stereocenters. The number of aromatic nitrogens is 5. The summed E-state index contributed by atoms with van der Waals surface area (Å²) in [6.45, 7) is 5.90. The molecule has 0 bridgehead atoms. The van der Waals surface area contributed by atoms with Crippen LogP contribution in [-0.2, 0) is 10.3 Å². The third-order valence-corrected chi connectivity index (χ3v) is 5.68. The van der Waals surface area contributed by atoms with Gasteiger partial charge in [0.15, 0.2) is 11.0 Å². The number of thioether (sulfide) groups is 1. The summed E-state index contributed by atoms with van der Waals surface area (Å²) in [5.41, 5.74) is -0.530. The van der Waals surface area contributed by atoms with Gasteiger partial charge in [0.1, 0.15) is 11.9 Å². The van der Waals surface area contributed by atoms with Crippen LogP contribution >= 0.6 is 11.8 Å². The fraction of sp³-hybridized carbons (Fsp3) is 0.706. The first-order valence-corrected chi connectivity index (χ1v) is 10.1. The average molecular weight is 379 g/mol. The van der Waals surface area contributed by atoms with Gasteiger partial charge in [0.25, 0.3) is 0 Å². The van der Waals surface area contributed by atoms with Crippen LogP contribution in [0.2, 0.25) is 0 Å². The lowest BCUT2D eigenvalue weighted by molar-refractivity contribution is -0.120. The molecule has 0 saturated heterocycles. The SMILES string of the molecule is Cc1nc(C2(NC(=O)CSc3nncn3C(C)C)CCCCCC2)no1. The van der Waals surface area contributed by atoms with Crippen molar-refractivity contribution in [2.45, 2.75) is 76.0 Å². The molecule has 0 aromatic carbocycles. The first-order valence-electron chi connectivity index (χ1n) is 9.14. The monoisotopic (exact) mass is 378 g/mol. The second-order valence-electron chi connectivity index (χ2n) is 7.08. The Hall–Kier alpha value is -1.90. The quantitative estimate of drug-likeness (QED) is 0.609. The van der Waals surface area contributed by atoms with Crippen LogP contribution in [0.1, 0.15) is 70.1 Å². The highest BCUT2D eigenvalue weighted by molar-refractivity contribution is 7.99. The van der Waals surface area contributed by atoms with Crippen molar-refractivity contribution in [3.05, 3.63) is 18.0 Å². The highest BCUT2D eigenvalue weighted by Crippen LogP contribution is 2.34. The molecule has 3 rings (SSSR count). The third-order valence-electron chi connectivity index (χ3n) is 4.72. The summed E-state index contributed by atoms with van der Waals surface area (Å²) in [6.07, 6.45) is 7.79. The zero-order chi connectivity index (χ0) is 18.6. The van der Waals surface area contributed by atoms with E-state index >= 15 is 0 Å². The third kappa shape index (κ3) is 4.25. The Kier molecular flexibility index (Phi) is 5.95. The van der Waals surface area contributed by atoms with E-state index in [1.165, 1.54) is 24.6 Å². The molecule has 2 aromatic rings. The summed E-state index contributed by atoms with van der Waals surface area (Å²) < 4.78 is 7.15. The van der Waals surface area contributed by atoms with Crippen LogP contribution in [0.4, 0.5) is 0 Å². The molecule has 1 N–H and O–H groups in total. The van der Waals surface area contributed by atoms with E-state index in [4.69, 9.17) is 4.52 Å². The summed E-state index contributed by atoms with van der Waals surface area (Å²) in [6, 6.07) is 0.256. The van der Waals surface area contributed by atoms with Crippen molar-refractivity contribution in [2.24, 2.45) is 0 Å². The van der Waals surface area contributed by atoms with Crippen molar-refractivity contribution < 1.29 is 9.32 Å². The maximum atomic E-state index is 12.7. The van der Waals surface area contributed by atoms with Gasteiger partial charge in [0, 0.05) is 13.0 Å². The number of carbonyl (C=O) groups is 1. The van der Waals surface area contributed by atoms with E-state index in [0.29, 0.717) is 11.7 Å². The van der Waals surface area contributed by atoms with Crippen molar-refractivity contribution in [3.63, 3.8) is 0 Å². The molecule has 8 nitrogen and oxygen atoms in total. The molecule has 1 amide bonds. The molecule has 0 unspecified atom stereocenters. The summed E-state index contributed by atoms with van der Waals surface area (Å²) >= 11 is 1.40. The molecule has 0 radical (unpaired) electrons. The molecule has 2 aromatic heterocycles. The standard InChI is InChI=1S/C17H26N6O2S/c1-12(2)23-11-18-21-16(23)26-10-14(24)20-17(8-6-4-5-7-9-17)15-19-13(3)25-22-15/h11-12H,4-10H2,1-3H3,(H,20,24). The minimum absolute atomic E-state index is 0.0438.